The van der Waals surface area contributed by atoms with Gasteiger partial charge in [-0.2, -0.15) is 0 Å². The zero-order chi connectivity index (χ0) is 21.1. The molecule has 0 aliphatic rings. The lowest BCUT2D eigenvalue weighted by Gasteiger charge is -2.22. The van der Waals surface area contributed by atoms with Crippen LogP contribution in [-0.2, 0) is 0 Å². The Morgan fingerprint density at radius 1 is 1.31 bits per heavy atom. The van der Waals surface area contributed by atoms with Crippen molar-refractivity contribution in [2.45, 2.75) is 13.8 Å². The van der Waals surface area contributed by atoms with E-state index in [-0.39, 0.29) is 22.3 Å². The van der Waals surface area contributed by atoms with Gasteiger partial charge >= 0.3 is 0 Å². The molecule has 3 aromatic rings. The predicted octanol–water partition coefficient (Wildman–Crippen LogP) is 6.05. The van der Waals surface area contributed by atoms with Gasteiger partial charge in [-0.1, -0.05) is 34.5 Å². The first-order valence-corrected chi connectivity index (χ1v) is 10.2. The van der Waals surface area contributed by atoms with Crippen LogP contribution >= 0.6 is 34.5 Å². The molecule has 0 saturated carbocycles. The van der Waals surface area contributed by atoms with Gasteiger partial charge in [-0.3, -0.25) is 10.1 Å². The summed E-state index contributed by atoms with van der Waals surface area (Å²) in [7, 11) is 0. The average molecular weight is 454 g/mol. The predicted molar refractivity (Wildman–Crippen MR) is 117 cm³/mol. The minimum Gasteiger partial charge on any atom is -0.395 e. The summed E-state index contributed by atoms with van der Waals surface area (Å²) in [4.78, 5) is 16.8. The number of rotatable bonds is 7. The number of halogens is 2. The Hall–Kier alpha value is -2.33. The number of aliphatic hydroxyl groups is 1. The lowest BCUT2D eigenvalue weighted by molar-refractivity contribution is -0.384. The number of thiazole rings is 1. The second-order valence-electron chi connectivity index (χ2n) is 6.10. The number of benzene rings is 2. The standard InChI is InChI=1S/C18H17Cl2N5O3S/c1-3-24(6-7-26)11-4-5-13(10(2)8-11)22-23-18-21-16-12(19)9-14(25(27)28)15(20)17(16)29-18/h4-5,8-9,26H,3,6-7H2,1-2H3. The number of anilines is 1. The molecule has 2 aromatic carbocycles. The van der Waals surface area contributed by atoms with Crippen LogP contribution in [0.1, 0.15) is 12.5 Å². The van der Waals surface area contributed by atoms with Gasteiger partial charge in [-0.05, 0) is 37.6 Å². The van der Waals surface area contributed by atoms with Crippen LogP contribution in [0.15, 0.2) is 34.5 Å². The lowest BCUT2D eigenvalue weighted by Crippen LogP contribution is -2.26. The fourth-order valence-corrected chi connectivity index (χ4v) is 4.27. The summed E-state index contributed by atoms with van der Waals surface area (Å²) in [5.41, 5.74) is 2.65. The summed E-state index contributed by atoms with van der Waals surface area (Å²) in [6.45, 7) is 5.35. The molecule has 0 aliphatic heterocycles. The molecular weight excluding hydrogens is 437 g/mol. The maximum atomic E-state index is 11.1. The van der Waals surface area contributed by atoms with Gasteiger partial charge in [0.2, 0.25) is 5.13 Å². The molecule has 1 N–H and O–H groups in total. The number of nitro groups is 1. The van der Waals surface area contributed by atoms with Crippen LogP contribution in [0, 0.1) is 17.0 Å². The number of fused-ring (bicyclic) bond motifs is 1. The van der Waals surface area contributed by atoms with Crippen molar-refractivity contribution < 1.29 is 10.0 Å². The van der Waals surface area contributed by atoms with E-state index in [1.165, 1.54) is 6.07 Å². The quantitative estimate of drug-likeness (QED) is 0.266. The van der Waals surface area contributed by atoms with Crippen LogP contribution in [0.4, 0.5) is 22.2 Å². The van der Waals surface area contributed by atoms with E-state index in [1.54, 1.807) is 0 Å². The third-order valence-electron chi connectivity index (χ3n) is 4.27. The first-order chi connectivity index (χ1) is 13.8. The topological polar surface area (TPSA) is 104 Å². The third-order valence-corrected chi connectivity index (χ3v) is 6.01. The Morgan fingerprint density at radius 3 is 2.69 bits per heavy atom. The van der Waals surface area contributed by atoms with Crippen LogP contribution in [0.5, 0.6) is 0 Å². The molecule has 29 heavy (non-hydrogen) atoms. The maximum absolute atomic E-state index is 11.1. The Kier molecular flexibility index (Phi) is 6.63. The van der Waals surface area contributed by atoms with Gasteiger partial charge in [-0.15, -0.1) is 10.2 Å². The summed E-state index contributed by atoms with van der Waals surface area (Å²) in [6.07, 6.45) is 0. The lowest BCUT2D eigenvalue weighted by atomic mass is 10.1. The Morgan fingerprint density at radius 2 is 2.07 bits per heavy atom. The Labute approximate surface area is 180 Å². The molecule has 0 radical (unpaired) electrons. The van der Waals surface area contributed by atoms with E-state index in [0.717, 1.165) is 29.1 Å². The Balaban J connectivity index is 1.92. The second kappa shape index (κ2) is 9.00. The van der Waals surface area contributed by atoms with Crippen LogP contribution in [0.3, 0.4) is 0 Å². The van der Waals surface area contributed by atoms with Crippen molar-refractivity contribution in [3.8, 4) is 0 Å². The van der Waals surface area contributed by atoms with Crippen molar-refractivity contribution in [1.82, 2.24) is 4.98 Å². The molecule has 0 spiro atoms. The van der Waals surface area contributed by atoms with Crippen LogP contribution < -0.4 is 4.90 Å². The number of hydrogen-bond donors (Lipinski definition) is 1. The highest BCUT2D eigenvalue weighted by molar-refractivity contribution is 7.22. The molecule has 8 nitrogen and oxygen atoms in total. The van der Waals surface area contributed by atoms with Gasteiger partial charge in [0.05, 0.1) is 26.9 Å². The minimum absolute atomic E-state index is 0.0163. The SMILES string of the molecule is CCN(CCO)c1ccc(N=Nc2nc3c(Cl)cc([N+](=O)[O-])c(Cl)c3s2)c(C)c1. The number of nitro benzene ring substituents is 1. The number of aliphatic hydroxyl groups excluding tert-OH is 1. The van der Waals surface area contributed by atoms with Crippen LogP contribution in [-0.4, -0.2) is 34.7 Å². The molecule has 1 heterocycles. The first kappa shape index (κ1) is 21.4. The summed E-state index contributed by atoms with van der Waals surface area (Å²) >= 11 is 13.3. The van der Waals surface area contributed by atoms with Crippen molar-refractivity contribution in [2.24, 2.45) is 10.2 Å². The van der Waals surface area contributed by atoms with Crippen molar-refractivity contribution >= 4 is 66.9 Å². The number of hydrogen-bond acceptors (Lipinski definition) is 8. The molecule has 0 aliphatic carbocycles. The van der Waals surface area contributed by atoms with Gasteiger partial charge in [0.1, 0.15) is 10.5 Å². The van der Waals surface area contributed by atoms with E-state index in [2.05, 4.69) is 20.1 Å². The second-order valence-corrected chi connectivity index (χ2v) is 7.86. The van der Waals surface area contributed by atoms with Crippen LogP contribution in [0.2, 0.25) is 10.0 Å². The van der Waals surface area contributed by atoms with E-state index in [9.17, 15) is 15.2 Å². The van der Waals surface area contributed by atoms with Gasteiger partial charge in [0, 0.05) is 24.8 Å². The highest BCUT2D eigenvalue weighted by Gasteiger charge is 2.21. The largest absolute Gasteiger partial charge is 0.395 e. The van der Waals surface area contributed by atoms with E-state index in [1.807, 2.05) is 32.0 Å². The molecule has 3 rings (SSSR count). The number of aromatic nitrogens is 1. The Bertz CT molecular complexity index is 1100. The summed E-state index contributed by atoms with van der Waals surface area (Å²) in [6, 6.07) is 6.91. The monoisotopic (exact) mass is 453 g/mol. The summed E-state index contributed by atoms with van der Waals surface area (Å²) in [5.74, 6) is 0. The first-order valence-electron chi connectivity index (χ1n) is 8.66. The molecular formula is C18H17Cl2N5O3S. The molecule has 0 fully saturated rings. The fourth-order valence-electron chi connectivity index (χ4n) is 2.80. The number of aryl methyl sites for hydroxylation is 1. The molecule has 0 atom stereocenters. The summed E-state index contributed by atoms with van der Waals surface area (Å²) in [5, 5.41) is 29.1. The number of likely N-dealkylation sites (N-methyl/N-ethyl adjacent to an activating group) is 1. The molecule has 11 heteroatoms. The molecule has 0 unspecified atom stereocenters. The fraction of sp³-hybridized carbons (Fsp3) is 0.278. The van der Waals surface area contributed by atoms with Crippen molar-refractivity contribution in [3.05, 3.63) is 50.0 Å². The average Bonchev–Trinajstić information content (AvgIpc) is 3.13. The smallest absolute Gasteiger partial charge is 0.290 e. The molecule has 0 amide bonds. The zero-order valence-corrected chi connectivity index (χ0v) is 17.9. The highest BCUT2D eigenvalue weighted by Crippen LogP contribution is 2.42. The van der Waals surface area contributed by atoms with E-state index in [0.29, 0.717) is 27.6 Å². The molecule has 1 aromatic heterocycles. The maximum Gasteiger partial charge on any atom is 0.290 e. The molecule has 0 saturated heterocycles. The summed E-state index contributed by atoms with van der Waals surface area (Å²) < 4.78 is 0.398. The van der Waals surface area contributed by atoms with Crippen molar-refractivity contribution in [3.63, 3.8) is 0 Å². The molecule has 152 valence electrons. The van der Waals surface area contributed by atoms with Crippen LogP contribution in [0.25, 0.3) is 10.2 Å². The van der Waals surface area contributed by atoms with Gasteiger partial charge in [0.15, 0.2) is 0 Å². The van der Waals surface area contributed by atoms with Gasteiger partial charge < -0.3 is 10.0 Å². The van der Waals surface area contributed by atoms with E-state index in [4.69, 9.17) is 23.2 Å². The van der Waals surface area contributed by atoms with E-state index < -0.39 is 4.92 Å². The van der Waals surface area contributed by atoms with Crippen molar-refractivity contribution in [1.29, 1.82) is 0 Å². The minimum atomic E-state index is -0.587. The van der Waals surface area contributed by atoms with E-state index >= 15 is 0 Å². The molecule has 0 bridgehead atoms. The normalized spacial score (nSPS) is 11.5. The number of azo groups is 1. The highest BCUT2D eigenvalue weighted by atomic mass is 35.5. The number of nitrogens with zero attached hydrogens (tertiary/aromatic N) is 5. The zero-order valence-electron chi connectivity index (χ0n) is 15.6. The van der Waals surface area contributed by atoms with Gasteiger partial charge in [-0.25, -0.2) is 4.98 Å². The third kappa shape index (κ3) is 4.48. The van der Waals surface area contributed by atoms with Gasteiger partial charge in [0.25, 0.3) is 5.69 Å². The van der Waals surface area contributed by atoms with Crippen molar-refractivity contribution in [2.75, 3.05) is 24.6 Å².